The lowest BCUT2D eigenvalue weighted by Crippen LogP contribution is -2.30. The number of halogens is 1. The molecule has 0 bridgehead atoms. The molecule has 0 fully saturated rings. The van der Waals surface area contributed by atoms with Crippen molar-refractivity contribution in [3.63, 3.8) is 0 Å². The Balaban J connectivity index is 1.99. The van der Waals surface area contributed by atoms with E-state index in [4.69, 9.17) is 16.3 Å². The number of nitrogens with one attached hydrogen (secondary N) is 1. The van der Waals surface area contributed by atoms with Gasteiger partial charge in [-0.3, -0.25) is 9.59 Å². The summed E-state index contributed by atoms with van der Waals surface area (Å²) in [4.78, 5) is 23.8. The summed E-state index contributed by atoms with van der Waals surface area (Å²) < 4.78 is 4.71. The first-order valence-electron chi connectivity index (χ1n) is 7.21. The van der Waals surface area contributed by atoms with E-state index in [9.17, 15) is 9.59 Å². The summed E-state index contributed by atoms with van der Waals surface area (Å²) in [6, 6.07) is 8.65. The molecule has 1 N–H and O–H groups in total. The topological polar surface area (TPSA) is 55.4 Å². The fraction of sp³-hybridized carbons (Fsp3) is 0.294. The van der Waals surface area contributed by atoms with Crippen molar-refractivity contribution in [2.45, 2.75) is 25.3 Å². The second kappa shape index (κ2) is 8.70. The summed E-state index contributed by atoms with van der Waals surface area (Å²) in [6.45, 7) is 0. The SMILES string of the molecule is COC(=O)CC(NC(=O)CCc1ccsc1)c1ccc(Cl)cc1. The van der Waals surface area contributed by atoms with Crippen molar-refractivity contribution in [1.29, 1.82) is 0 Å². The van der Waals surface area contributed by atoms with Gasteiger partial charge < -0.3 is 10.1 Å². The first-order chi connectivity index (χ1) is 11.1. The van der Waals surface area contributed by atoms with Crippen molar-refractivity contribution < 1.29 is 14.3 Å². The Bertz CT molecular complexity index is 640. The lowest BCUT2D eigenvalue weighted by atomic mass is 10.0. The first kappa shape index (κ1) is 17.5. The Morgan fingerprint density at radius 2 is 2.00 bits per heavy atom. The molecule has 2 aromatic rings. The van der Waals surface area contributed by atoms with Crippen LogP contribution in [0.2, 0.25) is 5.02 Å². The number of hydrogen-bond acceptors (Lipinski definition) is 4. The van der Waals surface area contributed by atoms with E-state index in [1.165, 1.54) is 7.11 Å². The number of carbonyl (C=O) groups is 2. The lowest BCUT2D eigenvalue weighted by molar-refractivity contribution is -0.141. The van der Waals surface area contributed by atoms with E-state index in [0.717, 1.165) is 11.1 Å². The largest absolute Gasteiger partial charge is 0.469 e. The molecule has 23 heavy (non-hydrogen) atoms. The number of benzene rings is 1. The molecule has 0 aliphatic rings. The van der Waals surface area contributed by atoms with Crippen molar-refractivity contribution in [3.8, 4) is 0 Å². The average molecular weight is 352 g/mol. The normalized spacial score (nSPS) is 11.7. The van der Waals surface area contributed by atoms with E-state index in [1.807, 2.05) is 16.8 Å². The Morgan fingerprint density at radius 1 is 1.26 bits per heavy atom. The summed E-state index contributed by atoms with van der Waals surface area (Å²) in [5, 5.41) is 7.52. The Kier molecular flexibility index (Phi) is 6.62. The van der Waals surface area contributed by atoms with Crippen LogP contribution in [-0.2, 0) is 20.7 Å². The van der Waals surface area contributed by atoms with Crippen LogP contribution in [0.25, 0.3) is 0 Å². The predicted molar refractivity (Wildman–Crippen MR) is 91.6 cm³/mol. The standard InChI is InChI=1S/C17H18ClNO3S/c1-22-17(21)10-15(13-3-5-14(18)6-4-13)19-16(20)7-2-12-8-9-23-11-12/h3-6,8-9,11,15H,2,7,10H2,1H3,(H,19,20). The molecule has 1 atom stereocenters. The van der Waals surface area contributed by atoms with Crippen LogP contribution in [0, 0.1) is 0 Å². The zero-order valence-electron chi connectivity index (χ0n) is 12.8. The second-order valence-electron chi connectivity index (χ2n) is 5.08. The zero-order chi connectivity index (χ0) is 16.7. The maximum Gasteiger partial charge on any atom is 0.307 e. The van der Waals surface area contributed by atoms with Crippen LogP contribution < -0.4 is 5.32 Å². The first-order valence-corrected chi connectivity index (χ1v) is 8.53. The summed E-state index contributed by atoms with van der Waals surface area (Å²) >= 11 is 7.49. The van der Waals surface area contributed by atoms with Gasteiger partial charge in [0.05, 0.1) is 19.6 Å². The Hall–Kier alpha value is -1.85. The van der Waals surface area contributed by atoms with E-state index >= 15 is 0 Å². The number of carbonyl (C=O) groups excluding carboxylic acids is 2. The van der Waals surface area contributed by atoms with Crippen LogP contribution in [0.15, 0.2) is 41.1 Å². The molecule has 2 rings (SSSR count). The van der Waals surface area contributed by atoms with Crippen molar-refractivity contribution in [3.05, 3.63) is 57.2 Å². The van der Waals surface area contributed by atoms with Gasteiger partial charge in [-0.05, 0) is 46.5 Å². The van der Waals surface area contributed by atoms with Crippen molar-refractivity contribution in [1.82, 2.24) is 5.32 Å². The van der Waals surface area contributed by atoms with E-state index < -0.39 is 6.04 Å². The smallest absolute Gasteiger partial charge is 0.307 e. The molecule has 1 heterocycles. The van der Waals surface area contributed by atoms with Crippen LogP contribution in [0.5, 0.6) is 0 Å². The predicted octanol–water partition coefficient (Wildman–Crippen LogP) is 3.75. The van der Waals surface area contributed by atoms with Gasteiger partial charge in [-0.1, -0.05) is 23.7 Å². The molecule has 0 saturated carbocycles. The lowest BCUT2D eigenvalue weighted by Gasteiger charge is -2.18. The maximum atomic E-state index is 12.2. The number of hydrogen-bond donors (Lipinski definition) is 1. The highest BCUT2D eigenvalue weighted by Gasteiger charge is 2.19. The summed E-state index contributed by atoms with van der Waals surface area (Å²) in [7, 11) is 1.33. The molecule has 1 aromatic heterocycles. The second-order valence-corrected chi connectivity index (χ2v) is 6.30. The molecule has 122 valence electrons. The Morgan fingerprint density at radius 3 is 2.61 bits per heavy atom. The van der Waals surface area contributed by atoms with Gasteiger partial charge in [0.25, 0.3) is 0 Å². The minimum Gasteiger partial charge on any atom is -0.469 e. The highest BCUT2D eigenvalue weighted by molar-refractivity contribution is 7.07. The van der Waals surface area contributed by atoms with Gasteiger partial charge >= 0.3 is 5.97 Å². The number of esters is 1. The molecule has 0 spiro atoms. The van der Waals surface area contributed by atoms with Gasteiger partial charge in [-0.25, -0.2) is 0 Å². The number of aryl methyl sites for hydroxylation is 1. The van der Waals surface area contributed by atoms with Gasteiger partial charge in [0.15, 0.2) is 0 Å². The molecule has 0 saturated heterocycles. The minimum absolute atomic E-state index is 0.0856. The third kappa shape index (κ3) is 5.69. The molecule has 1 amide bonds. The van der Waals surface area contributed by atoms with E-state index in [-0.39, 0.29) is 18.3 Å². The third-order valence-electron chi connectivity index (χ3n) is 3.43. The summed E-state index contributed by atoms with van der Waals surface area (Å²) in [5.74, 6) is -0.469. The van der Waals surface area contributed by atoms with Crippen molar-refractivity contribution in [2.24, 2.45) is 0 Å². The van der Waals surface area contributed by atoms with E-state index in [0.29, 0.717) is 17.9 Å². The highest BCUT2D eigenvalue weighted by Crippen LogP contribution is 2.20. The molecule has 0 aliphatic heterocycles. The summed E-state index contributed by atoms with van der Waals surface area (Å²) in [5.41, 5.74) is 1.96. The molecular weight excluding hydrogens is 334 g/mol. The average Bonchev–Trinajstić information content (AvgIpc) is 3.06. The molecular formula is C17H18ClNO3S. The number of thiophene rings is 1. The van der Waals surface area contributed by atoms with E-state index in [2.05, 4.69) is 5.32 Å². The van der Waals surface area contributed by atoms with Crippen molar-refractivity contribution >= 4 is 34.8 Å². The quantitative estimate of drug-likeness (QED) is 0.773. The zero-order valence-corrected chi connectivity index (χ0v) is 14.3. The van der Waals surface area contributed by atoms with Crippen LogP contribution in [0.3, 0.4) is 0 Å². The molecule has 1 aromatic carbocycles. The van der Waals surface area contributed by atoms with Gasteiger partial charge in [-0.2, -0.15) is 11.3 Å². The Labute approximate surface area is 144 Å². The number of ether oxygens (including phenoxy) is 1. The molecule has 1 unspecified atom stereocenters. The van der Waals surface area contributed by atoms with Crippen LogP contribution in [0.4, 0.5) is 0 Å². The minimum atomic E-state index is -0.422. The van der Waals surface area contributed by atoms with Gasteiger partial charge in [0, 0.05) is 11.4 Å². The van der Waals surface area contributed by atoms with Gasteiger partial charge in [0.2, 0.25) is 5.91 Å². The van der Waals surface area contributed by atoms with Crippen LogP contribution in [-0.4, -0.2) is 19.0 Å². The number of rotatable bonds is 7. The molecule has 4 nitrogen and oxygen atoms in total. The summed E-state index contributed by atoms with van der Waals surface area (Å²) in [6.07, 6.45) is 1.14. The van der Waals surface area contributed by atoms with Gasteiger partial charge in [-0.15, -0.1) is 0 Å². The number of amides is 1. The fourth-order valence-electron chi connectivity index (χ4n) is 2.16. The van der Waals surface area contributed by atoms with Crippen molar-refractivity contribution in [2.75, 3.05) is 7.11 Å². The third-order valence-corrected chi connectivity index (χ3v) is 4.41. The number of methoxy groups -OCH3 is 1. The molecule has 0 radical (unpaired) electrons. The molecule has 6 heteroatoms. The molecule has 0 aliphatic carbocycles. The maximum absolute atomic E-state index is 12.2. The van der Waals surface area contributed by atoms with Crippen LogP contribution >= 0.6 is 22.9 Å². The monoisotopic (exact) mass is 351 g/mol. The van der Waals surface area contributed by atoms with E-state index in [1.54, 1.807) is 35.6 Å². The van der Waals surface area contributed by atoms with Gasteiger partial charge in [0.1, 0.15) is 0 Å². The fourth-order valence-corrected chi connectivity index (χ4v) is 2.99. The van der Waals surface area contributed by atoms with Crippen LogP contribution in [0.1, 0.15) is 30.0 Å². The highest BCUT2D eigenvalue weighted by atomic mass is 35.5.